The van der Waals surface area contributed by atoms with Gasteiger partial charge in [0, 0.05) is 24.4 Å². The number of hydrogen-bond donors (Lipinski definition) is 3. The van der Waals surface area contributed by atoms with Gasteiger partial charge in [0.15, 0.2) is 0 Å². The smallest absolute Gasteiger partial charge is 0.354 e. The molecule has 1 rings (SSSR count). The Labute approximate surface area is 187 Å². The van der Waals surface area contributed by atoms with Gasteiger partial charge < -0.3 is 5.32 Å². The van der Waals surface area contributed by atoms with Gasteiger partial charge >= 0.3 is 12.4 Å². The van der Waals surface area contributed by atoms with Gasteiger partial charge in [-0.25, -0.2) is 0 Å². The van der Waals surface area contributed by atoms with Crippen LogP contribution in [0.2, 0.25) is 0 Å². The van der Waals surface area contributed by atoms with Crippen LogP contribution in [0.15, 0.2) is 18.2 Å². The molecule has 3 N–H and O–H groups in total. The van der Waals surface area contributed by atoms with Gasteiger partial charge in [0.25, 0.3) is 5.91 Å². The molecule has 6 nitrogen and oxygen atoms in total. The molecule has 0 aliphatic rings. The van der Waals surface area contributed by atoms with Gasteiger partial charge in [0.1, 0.15) is 0 Å². The van der Waals surface area contributed by atoms with E-state index in [2.05, 4.69) is 12.2 Å². The summed E-state index contributed by atoms with van der Waals surface area (Å²) in [7, 11) is 0. The molecule has 33 heavy (non-hydrogen) atoms. The van der Waals surface area contributed by atoms with E-state index in [1.54, 1.807) is 5.43 Å². The molecule has 1 unspecified atom stereocenters. The number of rotatable bonds is 10. The number of carbonyl (C=O) groups is 3. The van der Waals surface area contributed by atoms with Crippen molar-refractivity contribution in [3.05, 3.63) is 34.9 Å². The van der Waals surface area contributed by atoms with Gasteiger partial charge in [-0.2, -0.15) is 26.3 Å². The lowest BCUT2D eigenvalue weighted by Crippen LogP contribution is -2.42. The molecule has 0 aliphatic heterocycles. The van der Waals surface area contributed by atoms with Crippen molar-refractivity contribution in [3.8, 4) is 0 Å². The van der Waals surface area contributed by atoms with E-state index >= 15 is 0 Å². The average molecular weight is 483 g/mol. The predicted molar refractivity (Wildman–Crippen MR) is 108 cm³/mol. The summed E-state index contributed by atoms with van der Waals surface area (Å²) in [6.07, 6.45) is -5.80. The minimum Gasteiger partial charge on any atom is -0.354 e. The molecule has 1 aromatic carbocycles. The van der Waals surface area contributed by atoms with E-state index in [-0.39, 0.29) is 37.1 Å². The van der Waals surface area contributed by atoms with Gasteiger partial charge in [-0.15, -0.1) is 0 Å². The highest BCUT2D eigenvalue weighted by Gasteiger charge is 2.37. The van der Waals surface area contributed by atoms with Crippen molar-refractivity contribution < 1.29 is 40.7 Å². The summed E-state index contributed by atoms with van der Waals surface area (Å²) in [4.78, 5) is 35.7. The van der Waals surface area contributed by atoms with Crippen molar-refractivity contribution in [3.63, 3.8) is 0 Å². The monoisotopic (exact) mass is 483 g/mol. The third-order valence-electron chi connectivity index (χ3n) is 4.64. The first-order valence-electron chi connectivity index (χ1n) is 10.4. The molecule has 0 bridgehead atoms. The average Bonchev–Trinajstić information content (AvgIpc) is 2.72. The molecule has 0 spiro atoms. The molecule has 186 valence electrons. The first-order valence-corrected chi connectivity index (χ1v) is 10.4. The van der Waals surface area contributed by atoms with E-state index in [9.17, 15) is 40.7 Å². The molecule has 3 amide bonds. The van der Waals surface area contributed by atoms with Crippen LogP contribution in [0.3, 0.4) is 0 Å². The summed E-state index contributed by atoms with van der Waals surface area (Å²) in [6.45, 7) is 3.91. The van der Waals surface area contributed by atoms with Crippen LogP contribution in [0.25, 0.3) is 0 Å². The van der Waals surface area contributed by atoms with Crippen LogP contribution >= 0.6 is 0 Å². The fourth-order valence-corrected chi connectivity index (χ4v) is 2.87. The SMILES string of the molecule is CCCCCCC(C)NC(=O)CCC(=O)NNC(=O)c1cc(C(F)(F)F)cc(C(F)(F)F)c1. The minimum absolute atomic E-state index is 0.0825. The van der Waals surface area contributed by atoms with Crippen LogP contribution in [0.5, 0.6) is 0 Å². The number of hydrogen-bond acceptors (Lipinski definition) is 3. The molecular weight excluding hydrogens is 456 g/mol. The highest BCUT2D eigenvalue weighted by atomic mass is 19.4. The second kappa shape index (κ2) is 12.4. The molecule has 1 aromatic rings. The summed E-state index contributed by atoms with van der Waals surface area (Å²) in [5, 5.41) is 2.72. The predicted octanol–water partition coefficient (Wildman–Crippen LogP) is 4.74. The second-order valence-electron chi connectivity index (χ2n) is 7.61. The Balaban J connectivity index is 2.58. The molecule has 12 heteroatoms. The van der Waals surface area contributed by atoms with Crippen LogP contribution < -0.4 is 16.2 Å². The van der Waals surface area contributed by atoms with E-state index < -0.39 is 46.8 Å². The molecule has 0 aromatic heterocycles. The third kappa shape index (κ3) is 10.6. The Morgan fingerprint density at radius 3 is 1.88 bits per heavy atom. The summed E-state index contributed by atoms with van der Waals surface area (Å²) in [5.74, 6) is -2.60. The highest BCUT2D eigenvalue weighted by Crippen LogP contribution is 2.36. The lowest BCUT2D eigenvalue weighted by molar-refractivity contribution is -0.143. The summed E-state index contributed by atoms with van der Waals surface area (Å²) < 4.78 is 77.3. The lowest BCUT2D eigenvalue weighted by Gasteiger charge is -2.15. The Kier molecular flexibility index (Phi) is 10.7. The Hall–Kier alpha value is -2.79. The highest BCUT2D eigenvalue weighted by molar-refractivity contribution is 5.96. The van der Waals surface area contributed by atoms with Gasteiger partial charge in [-0.3, -0.25) is 25.2 Å². The van der Waals surface area contributed by atoms with Crippen LogP contribution in [-0.4, -0.2) is 23.8 Å². The topological polar surface area (TPSA) is 87.3 Å². The number of halogens is 6. The Bertz CT molecular complexity index is 792. The summed E-state index contributed by atoms with van der Waals surface area (Å²) >= 11 is 0. The maximum Gasteiger partial charge on any atom is 0.416 e. The van der Waals surface area contributed by atoms with Crippen LogP contribution in [-0.2, 0) is 21.9 Å². The van der Waals surface area contributed by atoms with Crippen molar-refractivity contribution in [1.82, 2.24) is 16.2 Å². The molecule has 0 saturated carbocycles. The first kappa shape index (κ1) is 28.2. The number of hydrazine groups is 1. The number of benzene rings is 1. The van der Waals surface area contributed by atoms with Crippen LogP contribution in [0.4, 0.5) is 26.3 Å². The molecule has 1 atom stereocenters. The van der Waals surface area contributed by atoms with E-state index in [4.69, 9.17) is 0 Å². The number of carbonyl (C=O) groups excluding carboxylic acids is 3. The maximum absolute atomic E-state index is 12.9. The molecule has 0 heterocycles. The fraction of sp³-hybridized carbons (Fsp3) is 0.571. The van der Waals surface area contributed by atoms with Gasteiger partial charge in [-0.1, -0.05) is 32.6 Å². The Morgan fingerprint density at radius 1 is 0.818 bits per heavy atom. The largest absolute Gasteiger partial charge is 0.416 e. The zero-order valence-electron chi connectivity index (χ0n) is 18.3. The lowest BCUT2D eigenvalue weighted by atomic mass is 10.0. The zero-order valence-corrected chi connectivity index (χ0v) is 18.3. The standard InChI is InChI=1S/C21H27F6N3O3/c1-3-4-5-6-7-13(2)28-17(31)8-9-18(32)29-30-19(33)14-10-15(20(22,23)24)12-16(11-14)21(25,26)27/h10-13H,3-9H2,1-2H3,(H,28,31)(H,29,32)(H,30,33). The molecule has 0 saturated heterocycles. The van der Waals surface area contributed by atoms with Gasteiger partial charge in [-0.05, 0) is 31.5 Å². The molecule has 0 radical (unpaired) electrons. The van der Waals surface area contributed by atoms with E-state index in [0.717, 1.165) is 32.1 Å². The number of unbranched alkanes of at least 4 members (excludes halogenated alkanes) is 3. The van der Waals surface area contributed by atoms with Crippen molar-refractivity contribution >= 4 is 17.7 Å². The van der Waals surface area contributed by atoms with E-state index in [1.807, 2.05) is 12.3 Å². The van der Waals surface area contributed by atoms with Crippen LogP contribution in [0, 0.1) is 0 Å². The summed E-state index contributed by atoms with van der Waals surface area (Å²) in [6, 6.07) is 0.289. The molecule has 0 aliphatic carbocycles. The quantitative estimate of drug-likeness (QED) is 0.255. The van der Waals surface area contributed by atoms with Crippen molar-refractivity contribution in [1.29, 1.82) is 0 Å². The van der Waals surface area contributed by atoms with Gasteiger partial charge in [0.2, 0.25) is 11.8 Å². The minimum atomic E-state index is -5.11. The van der Waals surface area contributed by atoms with Crippen molar-refractivity contribution in [2.45, 2.75) is 77.2 Å². The zero-order chi connectivity index (χ0) is 25.2. The van der Waals surface area contributed by atoms with E-state index in [0.29, 0.717) is 0 Å². The number of nitrogens with one attached hydrogen (secondary N) is 3. The number of amides is 3. The molecular formula is C21H27F6N3O3. The van der Waals surface area contributed by atoms with Crippen LogP contribution in [0.1, 0.15) is 80.3 Å². The Morgan fingerprint density at radius 2 is 1.36 bits per heavy atom. The van der Waals surface area contributed by atoms with Crippen molar-refractivity contribution in [2.24, 2.45) is 0 Å². The van der Waals surface area contributed by atoms with E-state index in [1.165, 1.54) is 0 Å². The fourth-order valence-electron chi connectivity index (χ4n) is 2.87. The maximum atomic E-state index is 12.9. The summed E-state index contributed by atoms with van der Waals surface area (Å²) in [5.41, 5.74) is -0.625. The molecule has 0 fully saturated rings. The second-order valence-corrected chi connectivity index (χ2v) is 7.61. The third-order valence-corrected chi connectivity index (χ3v) is 4.64. The number of alkyl halides is 6. The first-order chi connectivity index (χ1) is 15.2. The van der Waals surface area contributed by atoms with Gasteiger partial charge in [0.05, 0.1) is 11.1 Å². The normalized spacial score (nSPS) is 12.7. The van der Waals surface area contributed by atoms with Crippen molar-refractivity contribution in [2.75, 3.05) is 0 Å².